The van der Waals surface area contributed by atoms with Crippen LogP contribution in [-0.4, -0.2) is 49.6 Å². The topological polar surface area (TPSA) is 57.2 Å². The Bertz CT molecular complexity index is 571. The maximum atomic E-state index is 12.6. The highest BCUT2D eigenvalue weighted by Gasteiger charge is 2.24. The van der Waals surface area contributed by atoms with Crippen LogP contribution in [-0.2, 0) is 20.8 Å². The molecular weight excluding hydrogens is 310 g/mol. The number of ether oxygens (including phenoxy) is 4. The van der Waals surface area contributed by atoms with Gasteiger partial charge in [-0.15, -0.1) is 0 Å². The lowest BCUT2D eigenvalue weighted by atomic mass is 10.1. The van der Waals surface area contributed by atoms with Gasteiger partial charge in [0.2, 0.25) is 6.79 Å². The smallest absolute Gasteiger partial charge is 0.251 e. The number of nitrogens with zero attached hydrogens (tertiary/aromatic N) is 1. The molecule has 3 rings (SSSR count). The molecule has 0 unspecified atom stereocenters. The second kappa shape index (κ2) is 7.85. The van der Waals surface area contributed by atoms with Gasteiger partial charge in [-0.1, -0.05) is 6.07 Å². The third-order valence-corrected chi connectivity index (χ3v) is 4.41. The summed E-state index contributed by atoms with van der Waals surface area (Å²) in [5, 5.41) is 0. The Balaban J connectivity index is 1.55. The van der Waals surface area contributed by atoms with Crippen molar-refractivity contribution < 1.29 is 23.7 Å². The van der Waals surface area contributed by atoms with E-state index in [4.69, 9.17) is 18.9 Å². The van der Waals surface area contributed by atoms with E-state index in [1.165, 1.54) is 0 Å². The molecule has 6 nitrogen and oxygen atoms in total. The van der Waals surface area contributed by atoms with Gasteiger partial charge in [0.05, 0.1) is 12.7 Å². The number of carbonyl (C=O) groups excluding carboxylic acids is 1. The van der Waals surface area contributed by atoms with E-state index in [1.807, 2.05) is 25.1 Å². The van der Waals surface area contributed by atoms with Crippen molar-refractivity contribution in [2.75, 3.05) is 26.6 Å². The van der Waals surface area contributed by atoms with Crippen LogP contribution in [0.25, 0.3) is 0 Å². The van der Waals surface area contributed by atoms with Crippen LogP contribution in [0.15, 0.2) is 18.2 Å². The number of carbonyl (C=O) groups is 1. The summed E-state index contributed by atoms with van der Waals surface area (Å²) in [7, 11) is 0. The summed E-state index contributed by atoms with van der Waals surface area (Å²) in [6, 6.07) is 5.77. The summed E-state index contributed by atoms with van der Waals surface area (Å²) in [5.41, 5.74) is 1.01. The highest BCUT2D eigenvalue weighted by Crippen LogP contribution is 2.32. The fourth-order valence-electron chi connectivity index (χ4n) is 2.96. The molecule has 2 aliphatic heterocycles. The average Bonchev–Trinajstić information content (AvgIpc) is 3.27. The van der Waals surface area contributed by atoms with Crippen molar-refractivity contribution in [1.82, 2.24) is 4.90 Å². The molecule has 0 bridgehead atoms. The number of hydrogen-bond acceptors (Lipinski definition) is 5. The minimum Gasteiger partial charge on any atom is -0.454 e. The molecule has 132 valence electrons. The molecule has 0 N–H and O–H groups in total. The molecule has 0 saturated carbocycles. The van der Waals surface area contributed by atoms with Gasteiger partial charge in [0.15, 0.2) is 11.5 Å². The molecule has 2 aliphatic rings. The van der Waals surface area contributed by atoms with Crippen LogP contribution < -0.4 is 9.47 Å². The van der Waals surface area contributed by atoms with Gasteiger partial charge >= 0.3 is 0 Å². The van der Waals surface area contributed by atoms with Crippen LogP contribution in [0.3, 0.4) is 0 Å². The third kappa shape index (κ3) is 3.99. The fourth-order valence-corrected chi connectivity index (χ4v) is 2.96. The monoisotopic (exact) mass is 335 g/mol. The van der Waals surface area contributed by atoms with E-state index in [1.54, 1.807) is 11.8 Å². The fraction of sp³-hybridized carbons (Fsp3) is 0.611. The Kier molecular flexibility index (Phi) is 5.58. The SMILES string of the molecule is CCN(Cc1ccc2c(c1)OCO2)C(=O)[C@H](C)OC[C@H]1CCCO1. The summed E-state index contributed by atoms with van der Waals surface area (Å²) in [6.45, 7) is 6.46. The molecule has 2 heterocycles. The predicted octanol–water partition coefficient (Wildman–Crippen LogP) is 2.35. The lowest BCUT2D eigenvalue weighted by molar-refractivity contribution is -0.145. The van der Waals surface area contributed by atoms with Crippen LogP contribution in [0.1, 0.15) is 32.3 Å². The maximum Gasteiger partial charge on any atom is 0.251 e. The Hall–Kier alpha value is -1.79. The quantitative estimate of drug-likeness (QED) is 0.765. The second-order valence-corrected chi connectivity index (χ2v) is 6.15. The normalized spacial score (nSPS) is 20.2. The van der Waals surface area contributed by atoms with E-state index in [-0.39, 0.29) is 18.8 Å². The largest absolute Gasteiger partial charge is 0.454 e. The lowest BCUT2D eigenvalue weighted by Crippen LogP contribution is -2.39. The van der Waals surface area contributed by atoms with E-state index in [2.05, 4.69) is 0 Å². The average molecular weight is 335 g/mol. The van der Waals surface area contributed by atoms with Crippen molar-refractivity contribution >= 4 is 5.91 Å². The zero-order valence-electron chi connectivity index (χ0n) is 14.3. The lowest BCUT2D eigenvalue weighted by Gasteiger charge is -2.25. The Morgan fingerprint density at radius 3 is 2.96 bits per heavy atom. The third-order valence-electron chi connectivity index (χ3n) is 4.41. The molecule has 2 atom stereocenters. The van der Waals surface area contributed by atoms with Crippen molar-refractivity contribution in [1.29, 1.82) is 0 Å². The minimum absolute atomic E-state index is 0.00633. The number of likely N-dealkylation sites (N-methyl/N-ethyl adjacent to an activating group) is 1. The maximum absolute atomic E-state index is 12.6. The molecule has 1 saturated heterocycles. The summed E-state index contributed by atoms with van der Waals surface area (Å²) >= 11 is 0. The number of rotatable bonds is 7. The van der Waals surface area contributed by atoms with Gasteiger partial charge in [-0.3, -0.25) is 4.79 Å². The Morgan fingerprint density at radius 2 is 2.21 bits per heavy atom. The molecule has 0 aromatic heterocycles. The van der Waals surface area contributed by atoms with E-state index >= 15 is 0 Å². The van der Waals surface area contributed by atoms with Crippen molar-refractivity contribution in [3.05, 3.63) is 23.8 Å². The summed E-state index contributed by atoms with van der Waals surface area (Å²) < 4.78 is 22.0. The molecule has 1 aromatic carbocycles. The van der Waals surface area contributed by atoms with Crippen LogP contribution in [0.2, 0.25) is 0 Å². The van der Waals surface area contributed by atoms with Crippen LogP contribution in [0.4, 0.5) is 0 Å². The summed E-state index contributed by atoms with van der Waals surface area (Å²) in [4.78, 5) is 14.4. The first kappa shape index (κ1) is 17.0. The van der Waals surface area contributed by atoms with Crippen molar-refractivity contribution in [3.8, 4) is 11.5 Å². The second-order valence-electron chi connectivity index (χ2n) is 6.15. The van der Waals surface area contributed by atoms with Gasteiger partial charge in [-0.2, -0.15) is 0 Å². The highest BCUT2D eigenvalue weighted by atomic mass is 16.7. The number of hydrogen-bond donors (Lipinski definition) is 0. The Morgan fingerprint density at radius 1 is 1.38 bits per heavy atom. The van der Waals surface area contributed by atoms with E-state index in [9.17, 15) is 4.79 Å². The molecule has 0 spiro atoms. The molecule has 1 fully saturated rings. The highest BCUT2D eigenvalue weighted by molar-refractivity contribution is 5.80. The van der Waals surface area contributed by atoms with Gasteiger partial charge < -0.3 is 23.8 Å². The first-order chi connectivity index (χ1) is 11.7. The molecular formula is C18H25NO5. The molecule has 1 aromatic rings. The van der Waals surface area contributed by atoms with E-state index in [0.29, 0.717) is 19.7 Å². The first-order valence-corrected chi connectivity index (χ1v) is 8.58. The molecule has 1 amide bonds. The van der Waals surface area contributed by atoms with Crippen LogP contribution in [0, 0.1) is 0 Å². The summed E-state index contributed by atoms with van der Waals surface area (Å²) in [5.74, 6) is 1.48. The van der Waals surface area contributed by atoms with Gasteiger partial charge in [-0.25, -0.2) is 0 Å². The van der Waals surface area contributed by atoms with Crippen molar-refractivity contribution in [2.45, 2.75) is 45.4 Å². The van der Waals surface area contributed by atoms with E-state index < -0.39 is 6.10 Å². The number of benzene rings is 1. The van der Waals surface area contributed by atoms with E-state index in [0.717, 1.165) is 36.5 Å². The number of amides is 1. The van der Waals surface area contributed by atoms with Gasteiger partial charge in [-0.05, 0) is 44.4 Å². The van der Waals surface area contributed by atoms with Gasteiger partial charge in [0, 0.05) is 19.7 Å². The Labute approximate surface area is 142 Å². The van der Waals surface area contributed by atoms with Gasteiger partial charge in [0.1, 0.15) is 6.10 Å². The van der Waals surface area contributed by atoms with Crippen molar-refractivity contribution in [3.63, 3.8) is 0 Å². The molecule has 0 aliphatic carbocycles. The standard InChI is InChI=1S/C18H25NO5/c1-3-19(10-14-6-7-16-17(9-14)24-12-23-16)18(20)13(2)22-11-15-5-4-8-21-15/h6-7,9,13,15H,3-5,8,10-12H2,1-2H3/t13-,15+/m0/s1. The summed E-state index contributed by atoms with van der Waals surface area (Å²) in [6.07, 6.45) is 1.74. The van der Waals surface area contributed by atoms with Crippen molar-refractivity contribution in [2.24, 2.45) is 0 Å². The zero-order valence-corrected chi connectivity index (χ0v) is 14.3. The molecule has 0 radical (unpaired) electrons. The van der Waals surface area contributed by atoms with Crippen LogP contribution in [0.5, 0.6) is 11.5 Å². The predicted molar refractivity (Wildman–Crippen MR) is 88.0 cm³/mol. The first-order valence-electron chi connectivity index (χ1n) is 8.58. The van der Waals surface area contributed by atoms with Crippen LogP contribution >= 0.6 is 0 Å². The van der Waals surface area contributed by atoms with Gasteiger partial charge in [0.25, 0.3) is 5.91 Å². The zero-order chi connectivity index (χ0) is 16.9. The molecule has 6 heteroatoms. The number of fused-ring (bicyclic) bond motifs is 1. The minimum atomic E-state index is -0.469. The molecule has 24 heavy (non-hydrogen) atoms.